The molecule has 21 heavy (non-hydrogen) atoms. The molecule has 117 valence electrons. The van der Waals surface area contributed by atoms with Crippen LogP contribution >= 0.6 is 0 Å². The third-order valence-electron chi connectivity index (χ3n) is 4.04. The number of rotatable bonds is 1. The van der Waals surface area contributed by atoms with Crippen molar-refractivity contribution >= 4 is 5.97 Å². The van der Waals surface area contributed by atoms with Gasteiger partial charge >= 0.3 is 27.7 Å². The van der Waals surface area contributed by atoms with Crippen LogP contribution in [0.15, 0.2) is 6.07 Å². The Morgan fingerprint density at radius 1 is 0.952 bits per heavy atom. The molecule has 0 spiro atoms. The number of hydrogen-bond donors (Lipinski definition) is 1. The summed E-state index contributed by atoms with van der Waals surface area (Å²) in [6.45, 7) is 1.60. The van der Waals surface area contributed by atoms with Crippen LogP contribution in [0.5, 0.6) is 0 Å². The second-order valence-electron chi connectivity index (χ2n) is 5.31. The average molecular weight is 325 g/mol. The van der Waals surface area contributed by atoms with Crippen LogP contribution < -0.4 is 0 Å². The molecule has 2 nitrogen and oxygen atoms in total. The molecule has 0 amide bonds. The molecule has 0 saturated carbocycles. The summed E-state index contributed by atoms with van der Waals surface area (Å²) in [5.74, 6) is -0.745. The molecule has 0 aliphatic heterocycles. The first-order chi connectivity index (χ1) is 8.72. The van der Waals surface area contributed by atoms with Gasteiger partial charge in [0.25, 0.3) is 0 Å². The van der Waals surface area contributed by atoms with Crippen molar-refractivity contribution in [3.63, 3.8) is 0 Å². The molecule has 2 aliphatic rings. The van der Waals surface area contributed by atoms with Gasteiger partial charge in [-0.05, 0) is 0 Å². The van der Waals surface area contributed by atoms with Crippen molar-refractivity contribution in [2.45, 2.75) is 64.7 Å². The van der Waals surface area contributed by atoms with Gasteiger partial charge in [-0.2, -0.15) is 28.3 Å². The molecular weight excluding hydrogens is 296 g/mol. The van der Waals surface area contributed by atoms with E-state index in [1.54, 1.807) is 29.2 Å². The summed E-state index contributed by atoms with van der Waals surface area (Å²) in [7, 11) is 0. The zero-order valence-electron chi connectivity index (χ0n) is 13.8. The fourth-order valence-corrected chi connectivity index (χ4v) is 3.08. The van der Waals surface area contributed by atoms with Crippen molar-refractivity contribution in [3.8, 4) is 0 Å². The van der Waals surface area contributed by atoms with Crippen LogP contribution in [0.1, 0.15) is 61.3 Å². The summed E-state index contributed by atoms with van der Waals surface area (Å²) in [6.07, 6.45) is 11.4. The van der Waals surface area contributed by atoms with E-state index in [2.05, 4.69) is 6.07 Å². The quantitative estimate of drug-likeness (QED) is 0.608. The number of aryl methyl sites for hydroxylation is 2. The first kappa shape index (κ1) is 22.8. The summed E-state index contributed by atoms with van der Waals surface area (Å²) in [4.78, 5) is 9.37. The van der Waals surface area contributed by atoms with Gasteiger partial charge in [-0.25, -0.2) is 0 Å². The number of carbonyl (C=O) groups is 1. The number of aliphatic carboxylic acids is 1. The summed E-state index contributed by atoms with van der Waals surface area (Å²) in [6, 6.07) is 2.52. The van der Waals surface area contributed by atoms with Gasteiger partial charge in [0.1, 0.15) is 0 Å². The van der Waals surface area contributed by atoms with Gasteiger partial charge in [0.15, 0.2) is 0 Å². The molecule has 3 heteroatoms. The first-order valence-corrected chi connectivity index (χ1v) is 7.23. The third-order valence-corrected chi connectivity index (χ3v) is 4.04. The van der Waals surface area contributed by atoms with Crippen molar-refractivity contribution in [2.24, 2.45) is 0 Å². The van der Waals surface area contributed by atoms with E-state index in [1.807, 2.05) is 0 Å². The predicted molar refractivity (Wildman–Crippen MR) is 86.1 cm³/mol. The van der Waals surface area contributed by atoms with Crippen molar-refractivity contribution in [1.29, 1.82) is 0 Å². The van der Waals surface area contributed by atoms with Gasteiger partial charge in [0.05, 0.1) is 0 Å². The van der Waals surface area contributed by atoms with Crippen molar-refractivity contribution < 1.29 is 31.6 Å². The molecule has 1 radical (unpaired) electrons. The van der Waals surface area contributed by atoms with Gasteiger partial charge in [-0.15, -0.1) is 0 Å². The molecule has 1 aromatic carbocycles. The zero-order chi connectivity index (χ0) is 13.0. The van der Waals surface area contributed by atoms with Crippen molar-refractivity contribution in [2.75, 3.05) is 0 Å². The van der Waals surface area contributed by atoms with E-state index in [0.29, 0.717) is 0 Å². The van der Waals surface area contributed by atoms with Crippen LogP contribution in [0, 0.1) is 14.9 Å². The van der Waals surface area contributed by atoms with E-state index in [-0.39, 0.29) is 43.0 Å². The number of carboxylic acids is 1. The molecule has 2 aliphatic carbocycles. The monoisotopic (exact) mass is 325 g/mol. The minimum atomic E-state index is -0.745. The molecule has 0 heterocycles. The van der Waals surface area contributed by atoms with Crippen LogP contribution in [0.3, 0.4) is 0 Å². The van der Waals surface area contributed by atoms with E-state index in [1.165, 1.54) is 51.4 Å². The Morgan fingerprint density at radius 2 is 1.29 bits per heavy atom. The van der Waals surface area contributed by atoms with Crippen LogP contribution in [0.25, 0.3) is 0 Å². The first-order valence-electron chi connectivity index (χ1n) is 7.23. The Kier molecular flexibility index (Phi) is 12.1. The van der Waals surface area contributed by atoms with Gasteiger partial charge in [0.2, 0.25) is 0 Å². The van der Waals surface area contributed by atoms with Gasteiger partial charge in [-0.1, -0.05) is 58.3 Å². The van der Waals surface area contributed by atoms with Crippen LogP contribution in [-0.2, 0) is 52.2 Å². The SMILES string of the molecule is CCC(=O)O.[CH3-].[CH3-].[Ti+3].[cH-]1c2c(c3c1CCCC3)CCCC2. The Hall–Kier alpha value is -0.466. The summed E-state index contributed by atoms with van der Waals surface area (Å²) >= 11 is 0. The molecule has 0 bridgehead atoms. The fourth-order valence-electron chi connectivity index (χ4n) is 3.08. The summed E-state index contributed by atoms with van der Waals surface area (Å²) in [5.41, 5.74) is 6.94. The largest absolute Gasteiger partial charge is 3.00 e. The molecule has 1 N–H and O–H groups in total. The molecule has 0 aromatic heterocycles. The normalized spacial score (nSPS) is 14.7. The standard InChI is InChI=1S/C13H17.C3H6O2.2CH3.Ti/c1-3-7-12-10(5-1)9-11-6-2-4-8-13(11)12;1-2-3(4)5;;;/h9H,1-8H2;2H2,1H3,(H,4,5);2*1H3;/q-1;;2*-1;+3. The maximum atomic E-state index is 9.37. The molecule has 0 fully saturated rings. The number of hydrogen-bond acceptors (Lipinski definition) is 1. The molecule has 0 saturated heterocycles. The maximum absolute atomic E-state index is 9.37. The molecule has 0 atom stereocenters. The molecule has 3 rings (SSSR count). The van der Waals surface area contributed by atoms with Crippen LogP contribution in [0.4, 0.5) is 0 Å². The molecule has 1 aromatic rings. The Bertz CT molecular complexity index is 391. The van der Waals surface area contributed by atoms with Crippen LogP contribution in [-0.4, -0.2) is 11.1 Å². The Morgan fingerprint density at radius 3 is 1.62 bits per heavy atom. The summed E-state index contributed by atoms with van der Waals surface area (Å²) < 4.78 is 0. The van der Waals surface area contributed by atoms with E-state index in [4.69, 9.17) is 5.11 Å². The third kappa shape index (κ3) is 6.04. The van der Waals surface area contributed by atoms with E-state index < -0.39 is 5.97 Å². The Labute approximate surface area is 145 Å². The Balaban J connectivity index is 0. The van der Waals surface area contributed by atoms with E-state index in [0.717, 1.165) is 0 Å². The smallest absolute Gasteiger partial charge is 0.481 e. The number of carboxylic acid groups (broad SMARTS) is 1. The predicted octanol–water partition coefficient (Wildman–Crippen LogP) is 4.54. The fraction of sp³-hybridized carbons (Fsp3) is 0.556. The topological polar surface area (TPSA) is 37.3 Å². The second-order valence-corrected chi connectivity index (χ2v) is 5.31. The molecule has 0 unspecified atom stereocenters. The minimum absolute atomic E-state index is 0. The zero-order valence-corrected chi connectivity index (χ0v) is 15.4. The minimum Gasteiger partial charge on any atom is -0.481 e. The van der Waals surface area contributed by atoms with Crippen molar-refractivity contribution in [3.05, 3.63) is 43.2 Å². The van der Waals surface area contributed by atoms with Gasteiger partial charge < -0.3 is 20.0 Å². The van der Waals surface area contributed by atoms with Crippen molar-refractivity contribution in [1.82, 2.24) is 0 Å². The van der Waals surface area contributed by atoms with E-state index >= 15 is 0 Å². The second kappa shape index (κ2) is 11.1. The van der Waals surface area contributed by atoms with Gasteiger partial charge in [0, 0.05) is 6.42 Å². The van der Waals surface area contributed by atoms with Gasteiger partial charge in [-0.3, -0.25) is 4.79 Å². The maximum Gasteiger partial charge on any atom is 3.00 e. The summed E-state index contributed by atoms with van der Waals surface area (Å²) in [5, 5.41) is 7.72. The number of fused-ring (bicyclic) bond motifs is 3. The van der Waals surface area contributed by atoms with Crippen LogP contribution in [0.2, 0.25) is 0 Å². The van der Waals surface area contributed by atoms with E-state index in [9.17, 15) is 4.79 Å². The average Bonchev–Trinajstić information content (AvgIpc) is 2.78. The molecular formula is C18H29O2Ti.